The molecule has 0 aliphatic heterocycles. The number of carbonyl (C=O) groups excluding carboxylic acids is 1. The van der Waals surface area contributed by atoms with E-state index < -0.39 is 0 Å². The maximum absolute atomic E-state index is 12.4. The molecule has 0 radical (unpaired) electrons. The van der Waals surface area contributed by atoms with Crippen molar-refractivity contribution >= 4 is 59.6 Å². The number of fused-ring (bicyclic) bond motifs is 2. The minimum atomic E-state index is -0.383. The summed E-state index contributed by atoms with van der Waals surface area (Å²) >= 11 is 6.92. The van der Waals surface area contributed by atoms with E-state index in [2.05, 4.69) is 41.8 Å². The summed E-state index contributed by atoms with van der Waals surface area (Å²) in [5, 5.41) is 1.92. The Morgan fingerprint density at radius 1 is 0.870 bits per heavy atom. The third-order valence-corrected chi connectivity index (χ3v) is 4.99. The van der Waals surface area contributed by atoms with Gasteiger partial charge in [0, 0.05) is 43.1 Å². The molecule has 4 rings (SSSR count). The summed E-state index contributed by atoms with van der Waals surface area (Å²) in [4.78, 5) is 18.6. The first-order valence-corrected chi connectivity index (χ1v) is 8.46. The normalized spacial score (nSPS) is 11.2. The van der Waals surface area contributed by atoms with Gasteiger partial charge in [0.15, 0.2) is 0 Å². The molecule has 0 spiro atoms. The van der Waals surface area contributed by atoms with Crippen LogP contribution in [0.1, 0.15) is 10.4 Å². The van der Waals surface area contributed by atoms with Crippen molar-refractivity contribution in [2.45, 2.75) is 0 Å². The maximum atomic E-state index is 12.4. The lowest BCUT2D eigenvalue weighted by molar-refractivity contribution is 0.0735. The van der Waals surface area contributed by atoms with Crippen LogP contribution in [0.15, 0.2) is 57.7 Å². The number of hydrogen-bond donors (Lipinski definition) is 2. The van der Waals surface area contributed by atoms with Crippen molar-refractivity contribution < 1.29 is 9.53 Å². The van der Waals surface area contributed by atoms with E-state index in [1.54, 1.807) is 12.1 Å². The van der Waals surface area contributed by atoms with Gasteiger partial charge >= 0.3 is 5.97 Å². The quantitative estimate of drug-likeness (QED) is 0.328. The standard InChI is InChI=1S/C17H10Br2N2O2/c18-13-7-20-15-3-1-9(5-11(13)15)17(22)23-10-2-4-16-12(6-10)14(19)8-21-16/h1-8,20-21H. The lowest BCUT2D eigenvalue weighted by Crippen LogP contribution is -2.08. The van der Waals surface area contributed by atoms with Gasteiger partial charge in [-0.15, -0.1) is 0 Å². The summed E-state index contributed by atoms with van der Waals surface area (Å²) in [6.45, 7) is 0. The van der Waals surface area contributed by atoms with Crippen molar-refractivity contribution in [1.82, 2.24) is 9.97 Å². The molecule has 0 aliphatic rings. The number of esters is 1. The fourth-order valence-electron chi connectivity index (χ4n) is 2.51. The van der Waals surface area contributed by atoms with Gasteiger partial charge in [0.05, 0.1) is 5.56 Å². The van der Waals surface area contributed by atoms with Crippen LogP contribution in [0.3, 0.4) is 0 Å². The Bertz CT molecular complexity index is 1050. The van der Waals surface area contributed by atoms with E-state index in [0.717, 1.165) is 30.8 Å². The monoisotopic (exact) mass is 432 g/mol. The van der Waals surface area contributed by atoms with Crippen LogP contribution in [0.2, 0.25) is 0 Å². The summed E-state index contributed by atoms with van der Waals surface area (Å²) in [6.07, 6.45) is 3.70. The van der Waals surface area contributed by atoms with Gasteiger partial charge in [-0.25, -0.2) is 4.79 Å². The first-order chi connectivity index (χ1) is 11.1. The molecule has 0 atom stereocenters. The van der Waals surface area contributed by atoms with Crippen molar-refractivity contribution in [3.05, 3.63) is 63.3 Å². The predicted molar refractivity (Wildman–Crippen MR) is 97.0 cm³/mol. The fraction of sp³-hybridized carbons (Fsp3) is 0. The van der Waals surface area contributed by atoms with E-state index in [-0.39, 0.29) is 5.97 Å². The van der Waals surface area contributed by atoms with E-state index in [0.29, 0.717) is 11.3 Å². The van der Waals surface area contributed by atoms with Crippen LogP contribution < -0.4 is 4.74 Å². The topological polar surface area (TPSA) is 57.9 Å². The van der Waals surface area contributed by atoms with Gasteiger partial charge < -0.3 is 14.7 Å². The Morgan fingerprint density at radius 2 is 1.48 bits per heavy atom. The molecule has 4 aromatic rings. The van der Waals surface area contributed by atoms with Crippen LogP contribution in [0, 0.1) is 0 Å². The molecular weight excluding hydrogens is 424 g/mol. The molecule has 0 unspecified atom stereocenters. The summed E-state index contributed by atoms with van der Waals surface area (Å²) in [7, 11) is 0. The molecule has 2 N–H and O–H groups in total. The van der Waals surface area contributed by atoms with Crippen LogP contribution in [0.5, 0.6) is 5.75 Å². The van der Waals surface area contributed by atoms with Crippen molar-refractivity contribution in [3.8, 4) is 5.75 Å². The van der Waals surface area contributed by atoms with Gasteiger partial charge in [0.25, 0.3) is 0 Å². The number of aromatic amines is 2. The maximum Gasteiger partial charge on any atom is 0.343 e. The van der Waals surface area contributed by atoms with Gasteiger partial charge in [-0.3, -0.25) is 0 Å². The SMILES string of the molecule is O=C(Oc1ccc2[nH]cc(Br)c2c1)c1ccc2[nH]cc(Br)c2c1. The molecule has 114 valence electrons. The van der Waals surface area contributed by atoms with Crippen molar-refractivity contribution in [2.75, 3.05) is 0 Å². The number of benzene rings is 2. The molecule has 0 amide bonds. The minimum absolute atomic E-state index is 0.383. The zero-order valence-corrected chi connectivity index (χ0v) is 14.9. The molecule has 0 saturated heterocycles. The largest absolute Gasteiger partial charge is 0.423 e. The lowest BCUT2D eigenvalue weighted by atomic mass is 10.1. The highest BCUT2D eigenvalue weighted by atomic mass is 79.9. The Hall–Kier alpha value is -2.05. The van der Waals surface area contributed by atoms with E-state index in [1.807, 2.05) is 36.7 Å². The van der Waals surface area contributed by atoms with Crippen LogP contribution in [-0.2, 0) is 0 Å². The number of carbonyl (C=O) groups is 1. The Labute approximate surface area is 148 Å². The second kappa shape index (κ2) is 5.54. The van der Waals surface area contributed by atoms with Gasteiger partial charge in [-0.1, -0.05) is 0 Å². The molecule has 0 aliphatic carbocycles. The molecule has 2 aromatic carbocycles. The number of rotatable bonds is 2. The van der Waals surface area contributed by atoms with Crippen molar-refractivity contribution in [1.29, 1.82) is 0 Å². The van der Waals surface area contributed by atoms with Crippen LogP contribution in [-0.4, -0.2) is 15.9 Å². The highest BCUT2D eigenvalue weighted by Crippen LogP contribution is 2.28. The third kappa shape index (κ3) is 2.58. The Balaban J connectivity index is 1.66. The van der Waals surface area contributed by atoms with Gasteiger partial charge in [-0.2, -0.15) is 0 Å². The average Bonchev–Trinajstić information content (AvgIpc) is 3.11. The van der Waals surface area contributed by atoms with Gasteiger partial charge in [0.1, 0.15) is 5.75 Å². The number of hydrogen-bond acceptors (Lipinski definition) is 2. The van der Waals surface area contributed by atoms with E-state index >= 15 is 0 Å². The molecule has 0 bridgehead atoms. The first-order valence-electron chi connectivity index (χ1n) is 6.87. The summed E-state index contributed by atoms with van der Waals surface area (Å²) in [5.41, 5.74) is 2.45. The second-order valence-corrected chi connectivity index (χ2v) is 6.84. The number of nitrogens with one attached hydrogen (secondary N) is 2. The van der Waals surface area contributed by atoms with Crippen molar-refractivity contribution in [2.24, 2.45) is 0 Å². The zero-order chi connectivity index (χ0) is 16.0. The summed E-state index contributed by atoms with van der Waals surface area (Å²) in [6, 6.07) is 10.9. The number of ether oxygens (including phenoxy) is 1. The van der Waals surface area contributed by atoms with Crippen molar-refractivity contribution in [3.63, 3.8) is 0 Å². The smallest absolute Gasteiger partial charge is 0.343 e. The highest BCUT2D eigenvalue weighted by Gasteiger charge is 2.12. The first kappa shape index (κ1) is 14.5. The van der Waals surface area contributed by atoms with Crippen LogP contribution in [0.4, 0.5) is 0 Å². The second-order valence-electron chi connectivity index (χ2n) is 5.13. The average molecular weight is 434 g/mol. The van der Waals surface area contributed by atoms with Crippen LogP contribution in [0.25, 0.3) is 21.8 Å². The van der Waals surface area contributed by atoms with Gasteiger partial charge in [-0.05, 0) is 68.3 Å². The molecule has 6 heteroatoms. The van der Waals surface area contributed by atoms with E-state index in [4.69, 9.17) is 4.74 Å². The van der Waals surface area contributed by atoms with Gasteiger partial charge in [0.2, 0.25) is 0 Å². The summed E-state index contributed by atoms with van der Waals surface area (Å²) < 4.78 is 7.35. The Kier molecular flexibility index (Phi) is 3.50. The highest BCUT2D eigenvalue weighted by molar-refractivity contribution is 9.11. The Morgan fingerprint density at radius 3 is 2.17 bits per heavy atom. The summed E-state index contributed by atoms with van der Waals surface area (Å²) in [5.74, 6) is 0.127. The molecular formula is C17H10Br2N2O2. The lowest BCUT2D eigenvalue weighted by Gasteiger charge is -2.05. The predicted octanol–water partition coefficient (Wildman–Crippen LogP) is 5.39. The van der Waals surface area contributed by atoms with Crippen LogP contribution >= 0.6 is 31.9 Å². The molecule has 2 aromatic heterocycles. The number of H-pyrrole nitrogens is 2. The molecule has 0 saturated carbocycles. The molecule has 4 nitrogen and oxygen atoms in total. The fourth-order valence-corrected chi connectivity index (χ4v) is 3.39. The van der Waals surface area contributed by atoms with E-state index in [9.17, 15) is 4.79 Å². The van der Waals surface area contributed by atoms with E-state index in [1.165, 1.54) is 0 Å². The molecule has 23 heavy (non-hydrogen) atoms. The zero-order valence-electron chi connectivity index (χ0n) is 11.7. The third-order valence-electron chi connectivity index (χ3n) is 3.68. The molecule has 2 heterocycles. The number of aromatic nitrogens is 2. The number of halogens is 2. The molecule has 0 fully saturated rings. The minimum Gasteiger partial charge on any atom is -0.423 e.